The number of carbonyl (C=O) groups is 2. The maximum Gasteiger partial charge on any atom is 0.328 e. The molecular weight excluding hydrogens is 589 g/mol. The van der Waals surface area contributed by atoms with E-state index >= 15 is 4.39 Å². The second kappa shape index (κ2) is 15.8. The maximum atomic E-state index is 15.3. The second-order valence-corrected chi connectivity index (χ2v) is 13.1. The van der Waals surface area contributed by atoms with Gasteiger partial charge >= 0.3 is 5.97 Å². The molecule has 7 nitrogen and oxygen atoms in total. The van der Waals surface area contributed by atoms with Gasteiger partial charge < -0.3 is 14.8 Å². The Bertz CT molecular complexity index is 1560. The first-order chi connectivity index (χ1) is 21.6. The van der Waals surface area contributed by atoms with Crippen LogP contribution in [0.1, 0.15) is 81.3 Å². The molecule has 0 spiro atoms. The van der Waals surface area contributed by atoms with Gasteiger partial charge in [0.2, 0.25) is 0 Å². The van der Waals surface area contributed by atoms with Crippen LogP contribution in [-0.4, -0.2) is 41.8 Å². The summed E-state index contributed by atoms with van der Waals surface area (Å²) in [6, 6.07) is 18.6. The Labute approximate surface area is 269 Å². The first kappa shape index (κ1) is 33.8. The van der Waals surface area contributed by atoms with E-state index in [1.807, 2.05) is 36.4 Å². The fraction of sp³-hybridized carbons (Fsp3) is 0.389. The zero-order valence-corrected chi connectivity index (χ0v) is 27.5. The predicted octanol–water partition coefficient (Wildman–Crippen LogP) is 8.17. The number of aromatic nitrogens is 2. The van der Waals surface area contributed by atoms with E-state index in [1.165, 1.54) is 50.2 Å². The Hall–Kier alpha value is -4.11. The molecule has 4 rings (SSSR count). The van der Waals surface area contributed by atoms with Crippen LogP contribution < -0.4 is 10.1 Å². The van der Waals surface area contributed by atoms with Crippen molar-refractivity contribution < 1.29 is 23.5 Å². The van der Waals surface area contributed by atoms with Crippen LogP contribution in [0.25, 0.3) is 21.1 Å². The molecular formula is C36H42FN3O4S. The van der Waals surface area contributed by atoms with Crippen LogP contribution in [0.15, 0.2) is 66.7 Å². The molecule has 0 saturated heterocycles. The number of hydrogen-bond acceptors (Lipinski definition) is 7. The number of rotatable bonds is 14. The number of benzene rings is 3. The number of nitrogens with zero attached hydrogens (tertiary/aromatic N) is 2. The van der Waals surface area contributed by atoms with Crippen LogP contribution in [-0.2, 0) is 21.4 Å². The third-order valence-corrected chi connectivity index (χ3v) is 8.56. The topological polar surface area (TPSA) is 90.4 Å². The van der Waals surface area contributed by atoms with Crippen molar-refractivity contribution in [2.45, 2.75) is 77.7 Å². The number of halogens is 1. The van der Waals surface area contributed by atoms with Gasteiger partial charge in [-0.25, -0.2) is 9.18 Å². The van der Waals surface area contributed by atoms with Crippen molar-refractivity contribution in [2.24, 2.45) is 0 Å². The van der Waals surface area contributed by atoms with Crippen molar-refractivity contribution >= 4 is 23.2 Å². The summed E-state index contributed by atoms with van der Waals surface area (Å²) in [6.45, 7) is 9.17. The van der Waals surface area contributed by atoms with Crippen molar-refractivity contribution in [1.82, 2.24) is 15.5 Å². The molecule has 3 aromatic carbocycles. The van der Waals surface area contributed by atoms with Gasteiger partial charge in [0, 0.05) is 23.1 Å². The van der Waals surface area contributed by atoms with E-state index in [0.717, 1.165) is 23.3 Å². The van der Waals surface area contributed by atoms with Crippen molar-refractivity contribution in [1.29, 1.82) is 0 Å². The SMILES string of the molecule is CCCCCCCOc1ccc(-c2nnc(-c3ccc(CC(NC(=O)c4ccc(C(C)(C)C)cc4)C(=O)OC)cc3F)s2)cc1. The van der Waals surface area contributed by atoms with E-state index in [1.54, 1.807) is 24.3 Å². The summed E-state index contributed by atoms with van der Waals surface area (Å²) in [5.74, 6) is -0.714. The van der Waals surface area contributed by atoms with Crippen molar-refractivity contribution in [3.63, 3.8) is 0 Å². The highest BCUT2D eigenvalue weighted by atomic mass is 32.1. The molecule has 4 aromatic rings. The number of amides is 1. The van der Waals surface area contributed by atoms with E-state index in [-0.39, 0.29) is 11.8 Å². The molecule has 1 unspecified atom stereocenters. The Balaban J connectivity index is 1.39. The molecule has 238 valence electrons. The molecule has 0 saturated carbocycles. The van der Waals surface area contributed by atoms with Crippen LogP contribution in [0.3, 0.4) is 0 Å². The monoisotopic (exact) mass is 631 g/mol. The van der Waals surface area contributed by atoms with Crippen LogP contribution in [0.5, 0.6) is 5.75 Å². The number of unbranched alkanes of at least 4 members (excludes halogenated alkanes) is 4. The molecule has 0 aliphatic rings. The lowest BCUT2D eigenvalue weighted by Gasteiger charge is -2.20. The van der Waals surface area contributed by atoms with Crippen LogP contribution >= 0.6 is 11.3 Å². The zero-order chi connectivity index (χ0) is 32.4. The summed E-state index contributed by atoms with van der Waals surface area (Å²) in [6.07, 6.45) is 5.99. The molecule has 9 heteroatoms. The highest BCUT2D eigenvalue weighted by molar-refractivity contribution is 7.17. The quantitative estimate of drug-likeness (QED) is 0.112. The largest absolute Gasteiger partial charge is 0.494 e. The number of nitrogens with one attached hydrogen (secondary N) is 1. The fourth-order valence-electron chi connectivity index (χ4n) is 4.83. The standard InChI is InChI=1S/C36H42FN3O4S/c1-6-7-8-9-10-21-44-28-18-14-26(15-19-28)33-39-40-34(45-33)29-20-11-24(22-30(29)37)23-31(35(42)43-5)38-32(41)25-12-16-27(17-13-25)36(2,3)4/h11-20,22,31H,6-10,21,23H2,1-5H3,(H,38,41). The molecule has 1 heterocycles. The molecule has 1 amide bonds. The molecule has 0 aliphatic carbocycles. The minimum Gasteiger partial charge on any atom is -0.494 e. The first-order valence-electron chi connectivity index (χ1n) is 15.4. The molecule has 1 N–H and O–H groups in total. The normalized spacial score (nSPS) is 12.0. The predicted molar refractivity (Wildman–Crippen MR) is 177 cm³/mol. The third kappa shape index (κ3) is 9.44. The van der Waals surface area contributed by atoms with Crippen LogP contribution in [0.2, 0.25) is 0 Å². The Morgan fingerprint density at radius 1 is 0.911 bits per heavy atom. The Morgan fingerprint density at radius 2 is 1.60 bits per heavy atom. The summed E-state index contributed by atoms with van der Waals surface area (Å²) >= 11 is 1.29. The van der Waals surface area contributed by atoms with Gasteiger partial charge in [0.25, 0.3) is 5.91 Å². The van der Waals surface area contributed by atoms with Crippen molar-refractivity contribution in [3.8, 4) is 26.9 Å². The lowest BCUT2D eigenvalue weighted by atomic mass is 9.86. The zero-order valence-electron chi connectivity index (χ0n) is 26.7. The number of carbonyl (C=O) groups excluding carboxylic acids is 2. The van der Waals surface area contributed by atoms with E-state index in [0.29, 0.717) is 33.3 Å². The minimum atomic E-state index is -0.990. The average Bonchev–Trinajstić information content (AvgIpc) is 3.52. The Morgan fingerprint density at radius 3 is 2.24 bits per heavy atom. The summed E-state index contributed by atoms with van der Waals surface area (Å²) in [5, 5.41) is 12.3. The average molecular weight is 632 g/mol. The van der Waals surface area contributed by atoms with Gasteiger partial charge in [-0.05, 0) is 71.5 Å². The summed E-state index contributed by atoms with van der Waals surface area (Å²) in [5.41, 5.74) is 3.17. The van der Waals surface area contributed by atoms with Crippen molar-refractivity contribution in [2.75, 3.05) is 13.7 Å². The number of esters is 1. The number of methoxy groups -OCH3 is 1. The maximum absolute atomic E-state index is 15.3. The van der Waals surface area contributed by atoms with E-state index in [2.05, 4.69) is 43.2 Å². The van der Waals surface area contributed by atoms with Gasteiger partial charge in [0.1, 0.15) is 22.6 Å². The highest BCUT2D eigenvalue weighted by Crippen LogP contribution is 2.32. The van der Waals surface area contributed by atoms with E-state index in [9.17, 15) is 9.59 Å². The summed E-state index contributed by atoms with van der Waals surface area (Å²) in [7, 11) is 1.26. The number of hydrogen-bond donors (Lipinski definition) is 1. The molecule has 45 heavy (non-hydrogen) atoms. The molecule has 0 radical (unpaired) electrons. The van der Waals surface area contributed by atoms with Crippen molar-refractivity contribution in [3.05, 3.63) is 89.2 Å². The van der Waals surface area contributed by atoms with Gasteiger partial charge in [0.05, 0.1) is 13.7 Å². The molecule has 1 atom stereocenters. The molecule has 0 bridgehead atoms. The van der Waals surface area contributed by atoms with Crippen LogP contribution in [0, 0.1) is 5.82 Å². The van der Waals surface area contributed by atoms with E-state index in [4.69, 9.17) is 9.47 Å². The number of ether oxygens (including phenoxy) is 2. The Kier molecular flexibility index (Phi) is 11.8. The molecule has 0 aliphatic heterocycles. The van der Waals surface area contributed by atoms with Crippen LogP contribution in [0.4, 0.5) is 4.39 Å². The second-order valence-electron chi connectivity index (χ2n) is 12.1. The summed E-state index contributed by atoms with van der Waals surface area (Å²) < 4.78 is 26.1. The molecule has 1 aromatic heterocycles. The summed E-state index contributed by atoms with van der Waals surface area (Å²) in [4.78, 5) is 25.5. The highest BCUT2D eigenvalue weighted by Gasteiger charge is 2.24. The molecule has 0 fully saturated rings. The minimum absolute atomic E-state index is 0.0518. The van der Waals surface area contributed by atoms with Gasteiger partial charge in [-0.3, -0.25) is 4.79 Å². The first-order valence-corrected chi connectivity index (χ1v) is 16.3. The third-order valence-electron chi connectivity index (χ3n) is 7.55. The lowest BCUT2D eigenvalue weighted by molar-refractivity contribution is -0.142. The van der Waals surface area contributed by atoms with Gasteiger partial charge in [0.15, 0.2) is 5.01 Å². The smallest absolute Gasteiger partial charge is 0.328 e. The fourth-order valence-corrected chi connectivity index (χ4v) is 5.71. The van der Waals surface area contributed by atoms with Gasteiger partial charge in [-0.2, -0.15) is 0 Å². The van der Waals surface area contributed by atoms with E-state index < -0.39 is 23.7 Å². The lowest BCUT2D eigenvalue weighted by Crippen LogP contribution is -2.43. The van der Waals surface area contributed by atoms with Gasteiger partial charge in [-0.15, -0.1) is 10.2 Å². The van der Waals surface area contributed by atoms with Gasteiger partial charge in [-0.1, -0.05) is 82.9 Å².